The molecule has 1 nitrogen and oxygen atoms in total. The fourth-order valence-corrected chi connectivity index (χ4v) is 1.18. The molecule has 0 aliphatic rings. The number of nitrogens with zero attached hydrogens (tertiary/aromatic N) is 1. The minimum Gasteiger partial charge on any atom is -0.378 e. The van der Waals surface area contributed by atoms with Gasteiger partial charge in [-0.1, -0.05) is 11.6 Å². The molecule has 0 saturated heterocycles. The Morgan fingerprint density at radius 3 is 2.45 bits per heavy atom. The Morgan fingerprint density at radius 1 is 1.36 bits per heavy atom. The summed E-state index contributed by atoms with van der Waals surface area (Å²) in [6, 6.07) is 5.87. The summed E-state index contributed by atoms with van der Waals surface area (Å²) in [5.74, 6) is 0. The van der Waals surface area contributed by atoms with Crippen LogP contribution in [0.1, 0.15) is 0 Å². The van der Waals surface area contributed by atoms with Gasteiger partial charge in [-0.05, 0) is 34.1 Å². The molecule has 0 unspecified atom stereocenters. The fourth-order valence-electron chi connectivity index (χ4n) is 0.763. The molecular weight excluding hydrogens is 225 g/mol. The maximum atomic E-state index is 5.88. The molecule has 1 aromatic carbocycles. The summed E-state index contributed by atoms with van der Waals surface area (Å²) in [6.45, 7) is 0. The topological polar surface area (TPSA) is 3.24 Å². The van der Waals surface area contributed by atoms with Crippen molar-refractivity contribution in [1.82, 2.24) is 0 Å². The number of rotatable bonds is 1. The highest BCUT2D eigenvalue weighted by atomic mass is 79.9. The maximum Gasteiger partial charge on any atom is 0.0568 e. The molecule has 0 radical (unpaired) electrons. The number of hydrogen-bond acceptors (Lipinski definition) is 1. The second-order valence-electron chi connectivity index (χ2n) is 2.49. The Kier molecular flexibility index (Phi) is 2.79. The Labute approximate surface area is 80.1 Å². The second-order valence-corrected chi connectivity index (χ2v) is 3.75. The maximum absolute atomic E-state index is 5.88. The molecule has 0 aliphatic heterocycles. The van der Waals surface area contributed by atoms with E-state index in [9.17, 15) is 0 Å². The quantitative estimate of drug-likeness (QED) is 0.721. The zero-order valence-electron chi connectivity index (χ0n) is 6.44. The number of hydrogen-bond donors (Lipinski definition) is 0. The van der Waals surface area contributed by atoms with E-state index >= 15 is 0 Å². The van der Waals surface area contributed by atoms with Gasteiger partial charge < -0.3 is 4.90 Å². The van der Waals surface area contributed by atoms with Crippen LogP contribution < -0.4 is 4.90 Å². The first-order valence-corrected chi connectivity index (χ1v) is 4.40. The van der Waals surface area contributed by atoms with Crippen LogP contribution in [0.25, 0.3) is 0 Å². The van der Waals surface area contributed by atoms with Gasteiger partial charge in [0.15, 0.2) is 0 Å². The van der Waals surface area contributed by atoms with Gasteiger partial charge in [0.05, 0.1) is 5.02 Å². The van der Waals surface area contributed by atoms with Crippen molar-refractivity contribution in [3.05, 3.63) is 27.7 Å². The Morgan fingerprint density at radius 2 is 2.00 bits per heavy atom. The van der Waals surface area contributed by atoms with Gasteiger partial charge in [-0.3, -0.25) is 0 Å². The number of benzene rings is 1. The molecule has 0 amide bonds. The van der Waals surface area contributed by atoms with Crippen molar-refractivity contribution < 1.29 is 0 Å². The SMILES string of the molecule is CN(C)c1ccc(Br)c(Cl)c1. The largest absolute Gasteiger partial charge is 0.378 e. The molecule has 0 spiro atoms. The second kappa shape index (κ2) is 3.46. The van der Waals surface area contributed by atoms with Crippen LogP contribution in [0.3, 0.4) is 0 Å². The van der Waals surface area contributed by atoms with Gasteiger partial charge in [-0.15, -0.1) is 0 Å². The van der Waals surface area contributed by atoms with E-state index in [0.717, 1.165) is 15.2 Å². The van der Waals surface area contributed by atoms with E-state index in [1.807, 2.05) is 37.2 Å². The highest BCUT2D eigenvalue weighted by molar-refractivity contribution is 9.10. The first-order valence-electron chi connectivity index (χ1n) is 3.23. The van der Waals surface area contributed by atoms with E-state index < -0.39 is 0 Å². The van der Waals surface area contributed by atoms with Gasteiger partial charge in [0.2, 0.25) is 0 Å². The zero-order valence-corrected chi connectivity index (χ0v) is 8.78. The average Bonchev–Trinajstić information content (AvgIpc) is 1.94. The van der Waals surface area contributed by atoms with Crippen molar-refractivity contribution in [2.45, 2.75) is 0 Å². The Balaban J connectivity index is 3.05. The molecule has 0 atom stereocenters. The third-order valence-electron chi connectivity index (χ3n) is 1.42. The highest BCUT2D eigenvalue weighted by Gasteiger charge is 1.99. The molecule has 0 heterocycles. The Bertz CT molecular complexity index is 260. The monoisotopic (exact) mass is 233 g/mol. The van der Waals surface area contributed by atoms with Crippen molar-refractivity contribution in [1.29, 1.82) is 0 Å². The van der Waals surface area contributed by atoms with E-state index in [2.05, 4.69) is 15.9 Å². The van der Waals surface area contributed by atoms with Crippen LogP contribution in [-0.2, 0) is 0 Å². The molecule has 3 heteroatoms. The summed E-state index contributed by atoms with van der Waals surface area (Å²) in [5, 5.41) is 0.746. The van der Waals surface area contributed by atoms with Gasteiger partial charge >= 0.3 is 0 Å². The molecule has 0 N–H and O–H groups in total. The van der Waals surface area contributed by atoms with Gasteiger partial charge in [0, 0.05) is 24.3 Å². The Hall–Kier alpha value is -0.210. The minimum atomic E-state index is 0.746. The molecule has 1 rings (SSSR count). The lowest BCUT2D eigenvalue weighted by molar-refractivity contribution is 1.13. The third-order valence-corrected chi connectivity index (χ3v) is 2.65. The molecule has 0 bridgehead atoms. The highest BCUT2D eigenvalue weighted by Crippen LogP contribution is 2.26. The standard InChI is InChI=1S/C8H9BrClN/c1-11(2)6-3-4-7(9)8(10)5-6/h3-5H,1-2H3. The molecule has 0 aromatic heterocycles. The smallest absolute Gasteiger partial charge is 0.0568 e. The van der Waals surface area contributed by atoms with Crippen molar-refractivity contribution >= 4 is 33.2 Å². The number of anilines is 1. The first kappa shape index (κ1) is 8.88. The van der Waals surface area contributed by atoms with Crippen molar-refractivity contribution in [3.63, 3.8) is 0 Å². The lowest BCUT2D eigenvalue weighted by Gasteiger charge is -2.12. The van der Waals surface area contributed by atoms with Crippen molar-refractivity contribution in [2.24, 2.45) is 0 Å². The van der Waals surface area contributed by atoms with E-state index in [1.54, 1.807) is 0 Å². The predicted octanol–water partition coefficient (Wildman–Crippen LogP) is 3.17. The fraction of sp³-hybridized carbons (Fsp3) is 0.250. The lowest BCUT2D eigenvalue weighted by Crippen LogP contribution is -2.08. The summed E-state index contributed by atoms with van der Waals surface area (Å²) < 4.78 is 0.935. The first-order chi connectivity index (χ1) is 5.11. The lowest BCUT2D eigenvalue weighted by atomic mass is 10.3. The molecule has 0 aliphatic carbocycles. The molecule has 0 saturated carbocycles. The average molecular weight is 235 g/mol. The summed E-state index contributed by atoms with van der Waals surface area (Å²) >= 11 is 9.21. The van der Waals surface area contributed by atoms with E-state index in [1.165, 1.54) is 0 Å². The summed E-state index contributed by atoms with van der Waals surface area (Å²) in [6.07, 6.45) is 0. The number of halogens is 2. The summed E-state index contributed by atoms with van der Waals surface area (Å²) in [4.78, 5) is 2.01. The molecule has 11 heavy (non-hydrogen) atoms. The summed E-state index contributed by atoms with van der Waals surface area (Å²) in [5.41, 5.74) is 1.11. The molecule has 60 valence electrons. The van der Waals surface area contributed by atoms with Gasteiger partial charge in [-0.25, -0.2) is 0 Å². The minimum absolute atomic E-state index is 0.746. The van der Waals surface area contributed by atoms with Crippen molar-refractivity contribution in [3.8, 4) is 0 Å². The third kappa shape index (κ3) is 2.11. The van der Waals surface area contributed by atoms with Crippen LogP contribution in [0.2, 0.25) is 5.02 Å². The normalized spacial score (nSPS) is 9.82. The zero-order chi connectivity index (χ0) is 8.43. The predicted molar refractivity (Wildman–Crippen MR) is 53.5 cm³/mol. The van der Waals surface area contributed by atoms with Crippen LogP contribution in [0, 0.1) is 0 Å². The van der Waals surface area contributed by atoms with E-state index in [-0.39, 0.29) is 0 Å². The van der Waals surface area contributed by atoms with Gasteiger partial charge in [0.25, 0.3) is 0 Å². The van der Waals surface area contributed by atoms with E-state index in [0.29, 0.717) is 0 Å². The van der Waals surface area contributed by atoms with Gasteiger partial charge in [-0.2, -0.15) is 0 Å². The van der Waals surface area contributed by atoms with E-state index in [4.69, 9.17) is 11.6 Å². The molecule has 0 fully saturated rings. The van der Waals surface area contributed by atoms with Crippen LogP contribution in [0.4, 0.5) is 5.69 Å². The van der Waals surface area contributed by atoms with Crippen LogP contribution in [-0.4, -0.2) is 14.1 Å². The van der Waals surface area contributed by atoms with Crippen LogP contribution in [0.15, 0.2) is 22.7 Å². The van der Waals surface area contributed by atoms with Crippen LogP contribution in [0.5, 0.6) is 0 Å². The van der Waals surface area contributed by atoms with Crippen LogP contribution >= 0.6 is 27.5 Å². The summed E-state index contributed by atoms with van der Waals surface area (Å²) in [7, 11) is 3.97. The van der Waals surface area contributed by atoms with Crippen molar-refractivity contribution in [2.75, 3.05) is 19.0 Å². The molecular formula is C8H9BrClN. The molecule has 1 aromatic rings. The van der Waals surface area contributed by atoms with Gasteiger partial charge in [0.1, 0.15) is 0 Å².